The van der Waals surface area contributed by atoms with Crippen molar-refractivity contribution < 1.29 is 9.53 Å². The van der Waals surface area contributed by atoms with Crippen molar-refractivity contribution in [2.45, 2.75) is 18.9 Å². The number of hydrogen-bond donors (Lipinski definition) is 1. The molecule has 25 heavy (non-hydrogen) atoms. The number of benzene rings is 1. The minimum atomic E-state index is 0.0889. The smallest absolute Gasteiger partial charge is 0.220 e. The first kappa shape index (κ1) is 17.6. The number of carbonyl (C=O) groups is 1. The first-order valence-electron chi connectivity index (χ1n) is 8.85. The molecule has 1 aromatic heterocycles. The minimum absolute atomic E-state index is 0.0889. The fourth-order valence-electron chi connectivity index (χ4n) is 3.12. The maximum atomic E-state index is 12.3. The first-order valence-corrected chi connectivity index (χ1v) is 8.85. The van der Waals surface area contributed by atoms with E-state index < -0.39 is 0 Å². The van der Waals surface area contributed by atoms with Crippen LogP contribution in [-0.4, -0.2) is 48.6 Å². The van der Waals surface area contributed by atoms with E-state index in [1.807, 2.05) is 30.5 Å². The molecule has 132 valence electrons. The summed E-state index contributed by atoms with van der Waals surface area (Å²) in [5.74, 6) is 0.0889. The number of carbonyl (C=O) groups excluding carboxylic acids is 1. The van der Waals surface area contributed by atoms with Gasteiger partial charge in [-0.3, -0.25) is 14.7 Å². The number of hydrogen-bond acceptors (Lipinski definition) is 4. The van der Waals surface area contributed by atoms with Crippen LogP contribution in [0.2, 0.25) is 0 Å². The van der Waals surface area contributed by atoms with Crippen molar-refractivity contribution in [1.82, 2.24) is 15.2 Å². The average Bonchev–Trinajstić information content (AvgIpc) is 2.69. The molecule has 0 saturated carbocycles. The Bertz CT molecular complexity index is 643. The summed E-state index contributed by atoms with van der Waals surface area (Å²) in [4.78, 5) is 18.9. The van der Waals surface area contributed by atoms with Gasteiger partial charge in [0, 0.05) is 38.4 Å². The molecular formula is C20H25N3O2. The lowest BCUT2D eigenvalue weighted by molar-refractivity contribution is -0.121. The highest BCUT2D eigenvalue weighted by molar-refractivity contribution is 5.76. The molecule has 3 rings (SSSR count). The van der Waals surface area contributed by atoms with Gasteiger partial charge in [-0.25, -0.2) is 0 Å². The molecule has 2 heterocycles. The van der Waals surface area contributed by atoms with E-state index in [1.165, 1.54) is 5.56 Å². The average molecular weight is 339 g/mol. The van der Waals surface area contributed by atoms with Crippen molar-refractivity contribution >= 4 is 5.91 Å². The van der Waals surface area contributed by atoms with Gasteiger partial charge in [-0.1, -0.05) is 36.4 Å². The van der Waals surface area contributed by atoms with Crippen molar-refractivity contribution in [2.75, 3.05) is 32.8 Å². The molecule has 5 heteroatoms. The molecule has 1 aliphatic heterocycles. The fraction of sp³-hybridized carbons (Fsp3) is 0.400. The van der Waals surface area contributed by atoms with E-state index in [0.717, 1.165) is 38.3 Å². The van der Waals surface area contributed by atoms with Crippen molar-refractivity contribution in [3.05, 3.63) is 66.0 Å². The molecule has 1 fully saturated rings. The molecule has 1 atom stereocenters. The first-order chi connectivity index (χ1) is 12.3. The predicted octanol–water partition coefficient (Wildman–Crippen LogP) is 2.20. The standard InChI is InChI=1S/C20H25N3O2/c24-20(9-8-17-5-2-1-3-6-17)22-16-19(18-7-4-10-21-15-18)23-11-13-25-14-12-23/h1-7,10,15,19H,8-9,11-14,16H2,(H,22,24). The summed E-state index contributed by atoms with van der Waals surface area (Å²) >= 11 is 0. The van der Waals surface area contributed by atoms with Gasteiger partial charge in [-0.2, -0.15) is 0 Å². The Labute approximate surface area is 149 Å². The molecule has 5 nitrogen and oxygen atoms in total. The number of amides is 1. The van der Waals surface area contributed by atoms with E-state index in [-0.39, 0.29) is 11.9 Å². The monoisotopic (exact) mass is 339 g/mol. The Morgan fingerprint density at radius 3 is 2.68 bits per heavy atom. The maximum Gasteiger partial charge on any atom is 0.220 e. The second-order valence-corrected chi connectivity index (χ2v) is 6.24. The van der Waals surface area contributed by atoms with Crippen molar-refractivity contribution in [1.29, 1.82) is 0 Å². The van der Waals surface area contributed by atoms with Gasteiger partial charge < -0.3 is 10.1 Å². The van der Waals surface area contributed by atoms with E-state index in [1.54, 1.807) is 6.20 Å². The lowest BCUT2D eigenvalue weighted by atomic mass is 10.1. The van der Waals surface area contributed by atoms with Gasteiger partial charge in [0.15, 0.2) is 0 Å². The zero-order chi connectivity index (χ0) is 17.3. The highest BCUT2D eigenvalue weighted by Crippen LogP contribution is 2.20. The molecule has 1 unspecified atom stereocenters. The molecule has 1 amide bonds. The van der Waals surface area contributed by atoms with Gasteiger partial charge in [0.05, 0.1) is 19.3 Å². The van der Waals surface area contributed by atoms with Gasteiger partial charge in [0.25, 0.3) is 0 Å². The maximum absolute atomic E-state index is 12.3. The number of morpholine rings is 1. The van der Waals surface area contributed by atoms with Crippen molar-refractivity contribution in [2.24, 2.45) is 0 Å². The van der Waals surface area contributed by atoms with E-state index in [2.05, 4.69) is 33.4 Å². The van der Waals surface area contributed by atoms with Gasteiger partial charge >= 0.3 is 0 Å². The Morgan fingerprint density at radius 2 is 1.96 bits per heavy atom. The molecular weight excluding hydrogens is 314 g/mol. The topological polar surface area (TPSA) is 54.5 Å². The van der Waals surface area contributed by atoms with E-state index in [9.17, 15) is 4.79 Å². The Morgan fingerprint density at radius 1 is 1.16 bits per heavy atom. The molecule has 1 N–H and O–H groups in total. The highest BCUT2D eigenvalue weighted by atomic mass is 16.5. The highest BCUT2D eigenvalue weighted by Gasteiger charge is 2.23. The third kappa shape index (κ3) is 5.37. The van der Waals surface area contributed by atoms with Gasteiger partial charge in [-0.15, -0.1) is 0 Å². The Balaban J connectivity index is 1.55. The summed E-state index contributed by atoms with van der Waals surface area (Å²) in [5.41, 5.74) is 2.32. The van der Waals surface area contributed by atoms with Crippen LogP contribution in [0.15, 0.2) is 54.9 Å². The number of rotatable bonds is 7. The number of nitrogens with zero attached hydrogens (tertiary/aromatic N) is 2. The number of nitrogens with one attached hydrogen (secondary N) is 1. The van der Waals surface area contributed by atoms with Crippen molar-refractivity contribution in [3.8, 4) is 0 Å². The molecule has 0 bridgehead atoms. The van der Waals surface area contributed by atoms with Crippen molar-refractivity contribution in [3.63, 3.8) is 0 Å². The number of pyridine rings is 1. The van der Waals surface area contributed by atoms with Crippen LogP contribution in [0.25, 0.3) is 0 Å². The van der Waals surface area contributed by atoms with Crippen LogP contribution in [0.4, 0.5) is 0 Å². The molecule has 0 aliphatic carbocycles. The summed E-state index contributed by atoms with van der Waals surface area (Å²) in [6, 6.07) is 14.3. The van der Waals surface area contributed by atoms with Crippen LogP contribution in [-0.2, 0) is 16.0 Å². The Kier molecular flexibility index (Phi) is 6.54. The molecule has 1 aromatic carbocycles. The van der Waals surface area contributed by atoms with Crippen LogP contribution >= 0.6 is 0 Å². The van der Waals surface area contributed by atoms with E-state index in [4.69, 9.17) is 4.74 Å². The second kappa shape index (κ2) is 9.30. The van der Waals surface area contributed by atoms with E-state index in [0.29, 0.717) is 13.0 Å². The SMILES string of the molecule is O=C(CCc1ccccc1)NCC(c1cccnc1)N1CCOCC1. The summed E-state index contributed by atoms with van der Waals surface area (Å²) in [6.07, 6.45) is 4.93. The number of aromatic nitrogens is 1. The number of aryl methyl sites for hydroxylation is 1. The van der Waals surface area contributed by atoms with Gasteiger partial charge in [0.1, 0.15) is 0 Å². The zero-order valence-corrected chi connectivity index (χ0v) is 14.4. The summed E-state index contributed by atoms with van der Waals surface area (Å²) in [7, 11) is 0. The second-order valence-electron chi connectivity index (χ2n) is 6.24. The Hall–Kier alpha value is -2.24. The summed E-state index contributed by atoms with van der Waals surface area (Å²) < 4.78 is 5.45. The predicted molar refractivity (Wildman–Crippen MR) is 97.1 cm³/mol. The minimum Gasteiger partial charge on any atom is -0.379 e. The quantitative estimate of drug-likeness (QED) is 0.840. The van der Waals surface area contributed by atoms with Crippen LogP contribution in [0.3, 0.4) is 0 Å². The molecule has 0 spiro atoms. The lowest BCUT2D eigenvalue weighted by Gasteiger charge is -2.34. The lowest BCUT2D eigenvalue weighted by Crippen LogP contribution is -2.43. The zero-order valence-electron chi connectivity index (χ0n) is 14.4. The van der Waals surface area contributed by atoms with E-state index >= 15 is 0 Å². The van der Waals surface area contributed by atoms with Crippen LogP contribution < -0.4 is 5.32 Å². The fourth-order valence-corrected chi connectivity index (χ4v) is 3.12. The normalized spacial score (nSPS) is 16.3. The molecule has 0 radical (unpaired) electrons. The number of ether oxygens (including phenoxy) is 1. The van der Waals surface area contributed by atoms with Gasteiger partial charge in [-0.05, 0) is 23.6 Å². The van der Waals surface area contributed by atoms with Gasteiger partial charge in [0.2, 0.25) is 5.91 Å². The summed E-state index contributed by atoms with van der Waals surface area (Å²) in [5, 5.41) is 3.10. The third-order valence-corrected chi connectivity index (χ3v) is 4.53. The largest absolute Gasteiger partial charge is 0.379 e. The van der Waals surface area contributed by atoms with Crippen LogP contribution in [0.5, 0.6) is 0 Å². The molecule has 1 saturated heterocycles. The third-order valence-electron chi connectivity index (χ3n) is 4.53. The summed E-state index contributed by atoms with van der Waals surface area (Å²) in [6.45, 7) is 3.82. The molecule has 1 aliphatic rings. The van der Waals surface area contributed by atoms with Crippen LogP contribution in [0.1, 0.15) is 23.6 Å². The molecule has 2 aromatic rings. The van der Waals surface area contributed by atoms with Crippen LogP contribution in [0, 0.1) is 0 Å².